The molecule has 0 radical (unpaired) electrons. The van der Waals surface area contributed by atoms with E-state index in [4.69, 9.17) is 16.3 Å². The molecule has 2 aromatic rings. The number of morpholine rings is 1. The van der Waals surface area contributed by atoms with Crippen LogP contribution in [0.4, 0.5) is 5.13 Å². The Kier molecular flexibility index (Phi) is 5.93. The van der Waals surface area contributed by atoms with Crippen LogP contribution in [0.2, 0.25) is 5.02 Å². The number of anilines is 1. The molecule has 1 amide bonds. The molecule has 1 aliphatic heterocycles. The fraction of sp³-hybridized carbons (Fsp3) is 0.375. The van der Waals surface area contributed by atoms with Gasteiger partial charge in [0.15, 0.2) is 15.0 Å². The van der Waals surface area contributed by atoms with E-state index in [1.807, 2.05) is 5.38 Å². The Morgan fingerprint density at radius 1 is 1.38 bits per heavy atom. The maximum Gasteiger partial charge on any atom is 0.257 e. The fourth-order valence-electron chi connectivity index (χ4n) is 2.52. The lowest BCUT2D eigenvalue weighted by atomic mass is 10.2. The van der Waals surface area contributed by atoms with Crippen LogP contribution in [0.3, 0.4) is 0 Å². The number of aromatic nitrogens is 1. The van der Waals surface area contributed by atoms with Crippen LogP contribution in [0.1, 0.15) is 16.1 Å². The zero-order chi connectivity index (χ0) is 18.7. The summed E-state index contributed by atoms with van der Waals surface area (Å²) in [4.78, 5) is 19.0. The molecule has 10 heteroatoms. The molecule has 26 heavy (non-hydrogen) atoms. The quantitative estimate of drug-likeness (QED) is 0.805. The second-order valence-corrected chi connectivity index (χ2v) is 9.15. The Hall–Kier alpha value is -1.52. The Bertz CT molecular complexity index is 908. The minimum Gasteiger partial charge on any atom is -0.379 e. The lowest BCUT2D eigenvalue weighted by molar-refractivity contribution is 0.0337. The highest BCUT2D eigenvalue weighted by molar-refractivity contribution is 7.90. The van der Waals surface area contributed by atoms with Crippen molar-refractivity contribution in [3.05, 3.63) is 39.9 Å². The highest BCUT2D eigenvalue weighted by Gasteiger charge is 2.17. The molecule has 3 rings (SSSR count). The largest absolute Gasteiger partial charge is 0.379 e. The van der Waals surface area contributed by atoms with Crippen LogP contribution < -0.4 is 5.32 Å². The molecular weight excluding hydrogens is 398 g/mol. The average molecular weight is 416 g/mol. The summed E-state index contributed by atoms with van der Waals surface area (Å²) < 4.78 is 28.8. The summed E-state index contributed by atoms with van der Waals surface area (Å²) in [6.07, 6.45) is 1.05. The standard InChI is InChI=1S/C16H18ClN3O4S2/c1-26(22,23)14-8-11(2-3-13(14)17)15(21)19-16-18-12(10-25-16)9-20-4-6-24-7-5-20/h2-3,8,10H,4-7,9H2,1H3,(H,18,19,21). The zero-order valence-electron chi connectivity index (χ0n) is 14.1. The second-order valence-electron chi connectivity index (χ2n) is 5.90. The van der Waals surface area contributed by atoms with Crippen molar-refractivity contribution in [2.24, 2.45) is 0 Å². The molecule has 1 fully saturated rings. The second kappa shape index (κ2) is 8.01. The Labute approximate surface area is 160 Å². The van der Waals surface area contributed by atoms with Crippen molar-refractivity contribution in [2.45, 2.75) is 11.4 Å². The molecule has 1 aromatic carbocycles. The predicted molar refractivity (Wildman–Crippen MR) is 101 cm³/mol. The van der Waals surface area contributed by atoms with Gasteiger partial charge < -0.3 is 4.74 Å². The SMILES string of the molecule is CS(=O)(=O)c1cc(C(=O)Nc2nc(CN3CCOCC3)cs2)ccc1Cl. The minimum absolute atomic E-state index is 0.0704. The molecule has 0 spiro atoms. The molecule has 0 unspecified atom stereocenters. The Morgan fingerprint density at radius 3 is 2.81 bits per heavy atom. The summed E-state index contributed by atoms with van der Waals surface area (Å²) in [6.45, 7) is 3.85. The number of carbonyl (C=O) groups excluding carboxylic acids is 1. The van der Waals surface area contributed by atoms with Crippen LogP contribution in [-0.4, -0.2) is 56.8 Å². The highest BCUT2D eigenvalue weighted by Crippen LogP contribution is 2.24. The number of amides is 1. The van der Waals surface area contributed by atoms with Crippen LogP contribution in [0.25, 0.3) is 0 Å². The first-order valence-corrected chi connectivity index (χ1v) is 11.0. The van der Waals surface area contributed by atoms with Gasteiger partial charge in [0, 0.05) is 36.8 Å². The van der Waals surface area contributed by atoms with Crippen molar-refractivity contribution >= 4 is 43.8 Å². The van der Waals surface area contributed by atoms with E-state index in [1.165, 1.54) is 29.5 Å². The van der Waals surface area contributed by atoms with Crippen LogP contribution in [-0.2, 0) is 21.1 Å². The number of benzene rings is 1. The number of hydrogen-bond acceptors (Lipinski definition) is 7. The monoisotopic (exact) mass is 415 g/mol. The van der Waals surface area contributed by atoms with Crippen molar-refractivity contribution in [2.75, 3.05) is 37.9 Å². The number of hydrogen-bond donors (Lipinski definition) is 1. The van der Waals surface area contributed by atoms with Crippen LogP contribution >= 0.6 is 22.9 Å². The Balaban J connectivity index is 1.68. The molecule has 7 nitrogen and oxygen atoms in total. The van der Waals surface area contributed by atoms with Gasteiger partial charge in [0.05, 0.1) is 28.8 Å². The minimum atomic E-state index is -3.52. The number of thiazole rings is 1. The van der Waals surface area contributed by atoms with E-state index in [1.54, 1.807) is 0 Å². The van der Waals surface area contributed by atoms with Crippen molar-refractivity contribution in [1.29, 1.82) is 0 Å². The summed E-state index contributed by atoms with van der Waals surface area (Å²) in [6, 6.07) is 4.16. The molecule has 1 saturated heterocycles. The Morgan fingerprint density at radius 2 is 2.12 bits per heavy atom. The highest BCUT2D eigenvalue weighted by atomic mass is 35.5. The van der Waals surface area contributed by atoms with E-state index in [0.29, 0.717) is 24.9 Å². The van der Waals surface area contributed by atoms with E-state index < -0.39 is 15.7 Å². The van der Waals surface area contributed by atoms with E-state index in [-0.39, 0.29) is 15.5 Å². The van der Waals surface area contributed by atoms with Gasteiger partial charge in [-0.15, -0.1) is 11.3 Å². The molecule has 1 N–H and O–H groups in total. The van der Waals surface area contributed by atoms with Crippen LogP contribution in [0, 0.1) is 0 Å². The summed E-state index contributed by atoms with van der Waals surface area (Å²) >= 11 is 7.24. The number of nitrogens with one attached hydrogen (secondary N) is 1. The van der Waals surface area contributed by atoms with Crippen molar-refractivity contribution < 1.29 is 17.9 Å². The van der Waals surface area contributed by atoms with Crippen molar-refractivity contribution in [3.63, 3.8) is 0 Å². The number of ether oxygens (including phenoxy) is 1. The molecule has 0 bridgehead atoms. The third-order valence-electron chi connectivity index (χ3n) is 3.85. The summed E-state index contributed by atoms with van der Waals surface area (Å²) in [5, 5.41) is 5.15. The maximum absolute atomic E-state index is 12.4. The molecule has 1 aliphatic rings. The van der Waals surface area contributed by atoms with E-state index in [2.05, 4.69) is 15.2 Å². The average Bonchev–Trinajstić information content (AvgIpc) is 3.02. The topological polar surface area (TPSA) is 88.6 Å². The van der Waals surface area contributed by atoms with Gasteiger partial charge in [0.25, 0.3) is 5.91 Å². The van der Waals surface area contributed by atoms with Gasteiger partial charge in [0.1, 0.15) is 0 Å². The first kappa shape index (κ1) is 19.2. The van der Waals surface area contributed by atoms with Crippen molar-refractivity contribution in [1.82, 2.24) is 9.88 Å². The molecule has 0 aliphatic carbocycles. The molecule has 140 valence electrons. The lowest BCUT2D eigenvalue weighted by Gasteiger charge is -2.25. The predicted octanol–water partition coefficient (Wildman–Crippen LogP) is 2.28. The molecule has 0 atom stereocenters. The summed E-state index contributed by atoms with van der Waals surface area (Å²) in [5.74, 6) is -0.432. The normalized spacial score (nSPS) is 15.8. The summed E-state index contributed by atoms with van der Waals surface area (Å²) in [7, 11) is -3.52. The van der Waals surface area contributed by atoms with Crippen LogP contribution in [0.15, 0.2) is 28.5 Å². The van der Waals surface area contributed by atoms with E-state index in [9.17, 15) is 13.2 Å². The number of nitrogens with zero attached hydrogens (tertiary/aromatic N) is 2. The third kappa shape index (κ3) is 4.80. The lowest BCUT2D eigenvalue weighted by Crippen LogP contribution is -2.35. The smallest absolute Gasteiger partial charge is 0.257 e. The number of halogens is 1. The third-order valence-corrected chi connectivity index (χ3v) is 6.24. The van der Waals surface area contributed by atoms with Gasteiger partial charge in [-0.3, -0.25) is 15.0 Å². The molecule has 1 aromatic heterocycles. The maximum atomic E-state index is 12.4. The molecule has 2 heterocycles. The van der Waals surface area contributed by atoms with Gasteiger partial charge in [-0.25, -0.2) is 13.4 Å². The molecular formula is C16H18ClN3O4S2. The van der Waals surface area contributed by atoms with E-state index >= 15 is 0 Å². The van der Waals surface area contributed by atoms with Gasteiger partial charge in [-0.2, -0.15) is 0 Å². The van der Waals surface area contributed by atoms with Gasteiger partial charge in [-0.05, 0) is 18.2 Å². The van der Waals surface area contributed by atoms with Gasteiger partial charge in [-0.1, -0.05) is 11.6 Å². The molecule has 0 saturated carbocycles. The van der Waals surface area contributed by atoms with Crippen LogP contribution in [0.5, 0.6) is 0 Å². The fourth-order valence-corrected chi connectivity index (χ4v) is 4.52. The number of rotatable bonds is 5. The zero-order valence-corrected chi connectivity index (χ0v) is 16.5. The van der Waals surface area contributed by atoms with Gasteiger partial charge >= 0.3 is 0 Å². The van der Waals surface area contributed by atoms with Gasteiger partial charge in [0.2, 0.25) is 0 Å². The first-order valence-electron chi connectivity index (χ1n) is 7.88. The number of carbonyl (C=O) groups is 1. The summed E-state index contributed by atoms with van der Waals surface area (Å²) in [5.41, 5.74) is 1.08. The van der Waals surface area contributed by atoms with Crippen molar-refractivity contribution in [3.8, 4) is 0 Å². The number of sulfone groups is 1. The van der Waals surface area contributed by atoms with E-state index in [0.717, 1.165) is 25.0 Å². The first-order chi connectivity index (χ1) is 12.3.